The van der Waals surface area contributed by atoms with E-state index in [1.165, 1.54) is 6.92 Å². The Morgan fingerprint density at radius 2 is 1.55 bits per heavy atom. The van der Waals surface area contributed by atoms with E-state index in [0.29, 0.717) is 13.1 Å². The van der Waals surface area contributed by atoms with Crippen LogP contribution in [0.2, 0.25) is 0 Å². The van der Waals surface area contributed by atoms with Crippen LogP contribution in [0.5, 0.6) is 0 Å². The van der Waals surface area contributed by atoms with Crippen LogP contribution >= 0.6 is 0 Å². The average Bonchev–Trinajstić information content (AvgIpc) is 2.74. The van der Waals surface area contributed by atoms with E-state index in [1.807, 2.05) is 54.6 Å². The van der Waals surface area contributed by atoms with E-state index in [4.69, 9.17) is 5.26 Å². The van der Waals surface area contributed by atoms with Crippen LogP contribution in [-0.2, 0) is 22.8 Å². The first-order chi connectivity index (χ1) is 14.0. The van der Waals surface area contributed by atoms with E-state index in [0.717, 1.165) is 22.5 Å². The molecule has 3 rings (SSSR count). The topological polar surface area (TPSA) is 78.9 Å². The number of hydrogen-bond acceptors (Lipinski definition) is 5. The maximum Gasteiger partial charge on any atom is 0.372 e. The van der Waals surface area contributed by atoms with Crippen molar-refractivity contribution in [2.75, 3.05) is 10.2 Å². The Kier molecular flexibility index (Phi) is 6.60. The van der Waals surface area contributed by atoms with Crippen molar-refractivity contribution in [1.82, 2.24) is 0 Å². The number of nitrogens with zero attached hydrogens (tertiary/aromatic N) is 1. The molecule has 1 amide bonds. The standard InChI is InChI=1S/C23H22N2O4/c1-17(26)24-21-8-5-9-22(14-21)25(15-18-6-3-2-4-7-18)16-19-10-12-20(13-11-19)23(27)29-28/h2-14,28H,15-16H2,1H3,(H,24,26). The summed E-state index contributed by atoms with van der Waals surface area (Å²) in [6.07, 6.45) is 0. The molecule has 0 heterocycles. The van der Waals surface area contributed by atoms with Crippen LogP contribution in [0.3, 0.4) is 0 Å². The Morgan fingerprint density at radius 1 is 0.897 bits per heavy atom. The van der Waals surface area contributed by atoms with Gasteiger partial charge in [0.15, 0.2) is 0 Å². The summed E-state index contributed by atoms with van der Waals surface area (Å²) in [4.78, 5) is 28.8. The van der Waals surface area contributed by atoms with Gasteiger partial charge in [-0.1, -0.05) is 48.5 Å². The number of carbonyl (C=O) groups is 2. The van der Waals surface area contributed by atoms with Gasteiger partial charge in [0.2, 0.25) is 5.91 Å². The highest BCUT2D eigenvalue weighted by atomic mass is 17.1. The van der Waals surface area contributed by atoms with E-state index < -0.39 is 5.97 Å². The summed E-state index contributed by atoms with van der Waals surface area (Å²) in [6, 6.07) is 24.6. The Labute approximate surface area is 169 Å². The Bertz CT molecular complexity index is 972. The largest absolute Gasteiger partial charge is 0.372 e. The van der Waals surface area contributed by atoms with Crippen molar-refractivity contribution >= 4 is 23.3 Å². The lowest BCUT2D eigenvalue weighted by Crippen LogP contribution is -2.22. The first-order valence-electron chi connectivity index (χ1n) is 9.16. The molecule has 6 heteroatoms. The number of nitrogens with one attached hydrogen (secondary N) is 1. The van der Waals surface area contributed by atoms with E-state index >= 15 is 0 Å². The van der Waals surface area contributed by atoms with E-state index in [-0.39, 0.29) is 11.5 Å². The average molecular weight is 390 g/mol. The molecule has 3 aromatic rings. The molecule has 0 atom stereocenters. The maximum atomic E-state index is 11.4. The quantitative estimate of drug-likeness (QED) is 0.459. The van der Waals surface area contributed by atoms with Gasteiger partial charge in [-0.15, -0.1) is 0 Å². The normalized spacial score (nSPS) is 10.3. The van der Waals surface area contributed by atoms with Crippen LogP contribution in [0.15, 0.2) is 78.9 Å². The van der Waals surface area contributed by atoms with Crippen molar-refractivity contribution in [3.8, 4) is 0 Å². The van der Waals surface area contributed by atoms with Crippen molar-refractivity contribution in [2.45, 2.75) is 20.0 Å². The predicted molar refractivity (Wildman–Crippen MR) is 112 cm³/mol. The van der Waals surface area contributed by atoms with Crippen molar-refractivity contribution in [3.05, 3.63) is 95.6 Å². The van der Waals surface area contributed by atoms with Gasteiger partial charge >= 0.3 is 5.97 Å². The SMILES string of the molecule is CC(=O)Nc1cccc(N(Cc2ccccc2)Cc2ccc(C(=O)OO)cc2)c1. The van der Waals surface area contributed by atoms with Crippen LogP contribution in [0, 0.1) is 0 Å². The lowest BCUT2D eigenvalue weighted by molar-refractivity contribution is -0.182. The first-order valence-corrected chi connectivity index (χ1v) is 9.16. The smallest absolute Gasteiger partial charge is 0.363 e. The van der Waals surface area contributed by atoms with Gasteiger partial charge in [0.25, 0.3) is 0 Å². The zero-order valence-corrected chi connectivity index (χ0v) is 16.0. The molecule has 148 valence electrons. The minimum atomic E-state index is -0.791. The van der Waals surface area contributed by atoms with Gasteiger partial charge in [0, 0.05) is 31.4 Å². The lowest BCUT2D eigenvalue weighted by atomic mass is 10.1. The minimum absolute atomic E-state index is 0.122. The third-order valence-corrected chi connectivity index (χ3v) is 4.39. The van der Waals surface area contributed by atoms with Gasteiger partial charge in [0.05, 0.1) is 5.56 Å². The molecule has 0 aliphatic rings. The molecular weight excluding hydrogens is 368 g/mol. The number of rotatable bonds is 7. The lowest BCUT2D eigenvalue weighted by Gasteiger charge is -2.26. The fourth-order valence-electron chi connectivity index (χ4n) is 3.05. The number of anilines is 2. The second-order valence-electron chi connectivity index (χ2n) is 6.65. The molecule has 0 aromatic heterocycles. The summed E-state index contributed by atoms with van der Waals surface area (Å²) < 4.78 is 0. The molecule has 0 unspecified atom stereocenters. The van der Waals surface area contributed by atoms with Crippen LogP contribution in [0.4, 0.5) is 11.4 Å². The zero-order chi connectivity index (χ0) is 20.6. The minimum Gasteiger partial charge on any atom is -0.363 e. The molecule has 0 radical (unpaired) electrons. The Morgan fingerprint density at radius 3 is 2.17 bits per heavy atom. The first kappa shape index (κ1) is 20.1. The second kappa shape index (κ2) is 9.52. The van der Waals surface area contributed by atoms with Gasteiger partial charge in [-0.2, -0.15) is 5.26 Å². The summed E-state index contributed by atoms with van der Waals surface area (Å²) in [5.41, 5.74) is 4.10. The van der Waals surface area contributed by atoms with Gasteiger partial charge < -0.3 is 10.2 Å². The monoisotopic (exact) mass is 390 g/mol. The van der Waals surface area contributed by atoms with E-state index in [2.05, 4.69) is 27.2 Å². The van der Waals surface area contributed by atoms with Gasteiger partial charge in [0.1, 0.15) is 0 Å². The highest BCUT2D eigenvalue weighted by Gasteiger charge is 2.12. The van der Waals surface area contributed by atoms with Crippen molar-refractivity contribution in [2.24, 2.45) is 0 Å². The van der Waals surface area contributed by atoms with Crippen LogP contribution in [-0.4, -0.2) is 17.1 Å². The fraction of sp³-hybridized carbons (Fsp3) is 0.130. The molecule has 0 saturated carbocycles. The molecule has 6 nitrogen and oxygen atoms in total. The van der Waals surface area contributed by atoms with Crippen molar-refractivity contribution in [3.63, 3.8) is 0 Å². The summed E-state index contributed by atoms with van der Waals surface area (Å²) in [5, 5.41) is 11.3. The Balaban J connectivity index is 1.87. The molecule has 29 heavy (non-hydrogen) atoms. The fourth-order valence-corrected chi connectivity index (χ4v) is 3.05. The van der Waals surface area contributed by atoms with Crippen LogP contribution in [0.1, 0.15) is 28.4 Å². The number of carbonyl (C=O) groups excluding carboxylic acids is 2. The van der Waals surface area contributed by atoms with Crippen LogP contribution in [0.25, 0.3) is 0 Å². The zero-order valence-electron chi connectivity index (χ0n) is 16.0. The third kappa shape index (κ3) is 5.67. The second-order valence-corrected chi connectivity index (χ2v) is 6.65. The van der Waals surface area contributed by atoms with Crippen molar-refractivity contribution in [1.29, 1.82) is 0 Å². The van der Waals surface area contributed by atoms with Gasteiger partial charge in [-0.3, -0.25) is 9.68 Å². The molecule has 3 aromatic carbocycles. The Hall–Kier alpha value is -3.64. The number of amides is 1. The molecule has 0 aliphatic carbocycles. The van der Waals surface area contributed by atoms with Crippen LogP contribution < -0.4 is 10.2 Å². The summed E-state index contributed by atoms with van der Waals surface area (Å²) in [5.74, 6) is -0.913. The molecular formula is C23H22N2O4. The maximum absolute atomic E-state index is 11.4. The molecule has 0 saturated heterocycles. The van der Waals surface area contributed by atoms with Gasteiger partial charge in [-0.05, 0) is 41.5 Å². The van der Waals surface area contributed by atoms with E-state index in [9.17, 15) is 9.59 Å². The number of hydrogen-bond donors (Lipinski definition) is 2. The third-order valence-electron chi connectivity index (χ3n) is 4.39. The van der Waals surface area contributed by atoms with Crippen molar-refractivity contribution < 1.29 is 19.7 Å². The number of benzene rings is 3. The molecule has 0 fully saturated rings. The highest BCUT2D eigenvalue weighted by Crippen LogP contribution is 2.24. The predicted octanol–water partition coefficient (Wildman–Crippen LogP) is 4.48. The molecule has 2 N–H and O–H groups in total. The molecule has 0 spiro atoms. The van der Waals surface area contributed by atoms with Gasteiger partial charge in [-0.25, -0.2) is 4.79 Å². The summed E-state index contributed by atoms with van der Waals surface area (Å²) >= 11 is 0. The summed E-state index contributed by atoms with van der Waals surface area (Å²) in [7, 11) is 0. The summed E-state index contributed by atoms with van der Waals surface area (Å²) in [6.45, 7) is 2.74. The highest BCUT2D eigenvalue weighted by molar-refractivity contribution is 5.89. The molecule has 0 aliphatic heterocycles. The molecule has 0 bridgehead atoms. The van der Waals surface area contributed by atoms with E-state index in [1.54, 1.807) is 12.1 Å².